The number of aliphatic hydroxyl groups excluding tert-OH is 1. The molecule has 112 valence electrons. The first-order valence-electron chi connectivity index (χ1n) is 8.79. The van der Waals surface area contributed by atoms with Crippen LogP contribution in [0.3, 0.4) is 0 Å². The highest BCUT2D eigenvalue weighted by molar-refractivity contribution is 5.43. The molecule has 0 spiro atoms. The molecule has 21 heavy (non-hydrogen) atoms. The van der Waals surface area contributed by atoms with Crippen molar-refractivity contribution in [1.82, 2.24) is 0 Å². The van der Waals surface area contributed by atoms with Crippen LogP contribution in [0.4, 0.5) is 0 Å². The second-order valence-electron chi connectivity index (χ2n) is 7.13. The largest absolute Gasteiger partial charge is 0.396 e. The zero-order valence-electron chi connectivity index (χ0n) is 12.9. The molecule has 2 unspecified atom stereocenters. The molecule has 1 N–H and O–H groups in total. The van der Waals surface area contributed by atoms with Gasteiger partial charge in [-0.05, 0) is 62.5 Å². The van der Waals surface area contributed by atoms with Crippen molar-refractivity contribution >= 4 is 0 Å². The monoisotopic (exact) mass is 282 g/mol. The predicted molar refractivity (Wildman–Crippen MR) is 86.8 cm³/mol. The molecule has 0 saturated heterocycles. The molecule has 4 aliphatic carbocycles. The number of hydrogen-bond acceptors (Lipinski definition) is 1. The fourth-order valence-corrected chi connectivity index (χ4v) is 4.97. The Morgan fingerprint density at radius 2 is 1.29 bits per heavy atom. The second kappa shape index (κ2) is 5.61. The smallest absolute Gasteiger partial charge is 0.0476 e. The molecule has 0 fully saturated rings. The van der Waals surface area contributed by atoms with E-state index in [0.717, 1.165) is 0 Å². The average molecular weight is 282 g/mol. The van der Waals surface area contributed by atoms with E-state index in [2.05, 4.69) is 24.3 Å². The van der Waals surface area contributed by atoms with Gasteiger partial charge in [-0.15, -0.1) is 0 Å². The van der Waals surface area contributed by atoms with Crippen LogP contribution in [0, 0.1) is 17.8 Å². The van der Waals surface area contributed by atoms with Crippen molar-refractivity contribution in [3.63, 3.8) is 0 Å². The van der Waals surface area contributed by atoms with Gasteiger partial charge >= 0.3 is 0 Å². The van der Waals surface area contributed by atoms with Crippen molar-refractivity contribution in [2.45, 2.75) is 51.4 Å². The van der Waals surface area contributed by atoms with Gasteiger partial charge in [-0.1, -0.05) is 35.5 Å². The molecule has 0 aliphatic heterocycles. The Bertz CT molecular complexity index is 498. The van der Waals surface area contributed by atoms with E-state index in [4.69, 9.17) is 0 Å². The van der Waals surface area contributed by atoms with Crippen molar-refractivity contribution in [2.24, 2.45) is 17.8 Å². The van der Waals surface area contributed by atoms with Crippen LogP contribution in [-0.4, -0.2) is 11.7 Å². The Morgan fingerprint density at radius 3 is 1.76 bits per heavy atom. The molecule has 0 saturated carbocycles. The molecule has 0 amide bonds. The normalized spacial score (nSPS) is 32.6. The molecule has 0 aromatic carbocycles. The van der Waals surface area contributed by atoms with Crippen LogP contribution in [0.5, 0.6) is 0 Å². The SMILES string of the molecule is OCC(C1C=CC2=C1CCCC2)C1C=CC2=C1CCCC2. The number of aliphatic hydroxyl groups is 1. The summed E-state index contributed by atoms with van der Waals surface area (Å²) in [5.41, 5.74) is 6.48. The van der Waals surface area contributed by atoms with E-state index in [9.17, 15) is 5.11 Å². The molecule has 0 radical (unpaired) electrons. The highest BCUT2D eigenvalue weighted by Gasteiger charge is 2.36. The maximum absolute atomic E-state index is 10.1. The fraction of sp³-hybridized carbons (Fsp3) is 0.600. The molecule has 4 aliphatic rings. The van der Waals surface area contributed by atoms with E-state index in [1.807, 2.05) is 0 Å². The molecule has 2 atom stereocenters. The Hall–Kier alpha value is -1.08. The summed E-state index contributed by atoms with van der Waals surface area (Å²) in [7, 11) is 0. The highest BCUT2D eigenvalue weighted by atomic mass is 16.3. The molecular weight excluding hydrogens is 256 g/mol. The van der Waals surface area contributed by atoms with Crippen molar-refractivity contribution < 1.29 is 5.11 Å². The Kier molecular flexibility index (Phi) is 3.62. The standard InChI is InChI=1S/C20H26O/c21-13-20(18-11-9-14-5-1-3-7-16(14)18)19-12-10-15-6-2-4-8-17(15)19/h9-12,18-21H,1-8,13H2. The van der Waals surface area contributed by atoms with Crippen LogP contribution >= 0.6 is 0 Å². The quantitative estimate of drug-likeness (QED) is 0.795. The summed E-state index contributed by atoms with van der Waals surface area (Å²) in [5.74, 6) is 1.36. The first kappa shape index (κ1) is 13.6. The summed E-state index contributed by atoms with van der Waals surface area (Å²) in [4.78, 5) is 0. The van der Waals surface area contributed by atoms with E-state index in [1.54, 1.807) is 22.3 Å². The van der Waals surface area contributed by atoms with Gasteiger partial charge in [0.15, 0.2) is 0 Å². The van der Waals surface area contributed by atoms with Crippen LogP contribution in [0.15, 0.2) is 46.6 Å². The molecule has 4 rings (SSSR count). The van der Waals surface area contributed by atoms with Crippen LogP contribution in [-0.2, 0) is 0 Å². The van der Waals surface area contributed by atoms with Crippen LogP contribution in [0.25, 0.3) is 0 Å². The molecule has 0 aromatic rings. The predicted octanol–water partition coefficient (Wildman–Crippen LogP) is 4.71. The lowest BCUT2D eigenvalue weighted by molar-refractivity contribution is 0.178. The number of hydrogen-bond donors (Lipinski definition) is 1. The Balaban J connectivity index is 1.61. The molecule has 1 nitrogen and oxygen atoms in total. The van der Waals surface area contributed by atoms with E-state index >= 15 is 0 Å². The van der Waals surface area contributed by atoms with E-state index in [-0.39, 0.29) is 0 Å². The third-order valence-electron chi connectivity index (χ3n) is 6.06. The zero-order chi connectivity index (χ0) is 14.2. The molecule has 1 heteroatoms. The van der Waals surface area contributed by atoms with Crippen LogP contribution in [0.2, 0.25) is 0 Å². The van der Waals surface area contributed by atoms with Crippen molar-refractivity contribution in [3.05, 3.63) is 46.6 Å². The summed E-state index contributed by atoms with van der Waals surface area (Å²) in [5, 5.41) is 10.1. The topological polar surface area (TPSA) is 20.2 Å². The van der Waals surface area contributed by atoms with E-state index in [1.165, 1.54) is 51.4 Å². The minimum Gasteiger partial charge on any atom is -0.396 e. The first-order chi connectivity index (χ1) is 10.4. The van der Waals surface area contributed by atoms with Gasteiger partial charge in [-0.2, -0.15) is 0 Å². The molecule has 0 heterocycles. The lowest BCUT2D eigenvalue weighted by atomic mass is 9.73. The van der Waals surface area contributed by atoms with Gasteiger partial charge in [0, 0.05) is 24.4 Å². The van der Waals surface area contributed by atoms with Gasteiger partial charge < -0.3 is 5.11 Å². The average Bonchev–Trinajstić information content (AvgIpc) is 3.14. The van der Waals surface area contributed by atoms with Crippen LogP contribution in [0.1, 0.15) is 51.4 Å². The maximum atomic E-state index is 10.1. The van der Waals surface area contributed by atoms with Crippen molar-refractivity contribution in [2.75, 3.05) is 6.61 Å². The van der Waals surface area contributed by atoms with Crippen molar-refractivity contribution in [3.8, 4) is 0 Å². The summed E-state index contributed by atoms with van der Waals surface area (Å²) < 4.78 is 0. The van der Waals surface area contributed by atoms with Gasteiger partial charge in [0.1, 0.15) is 0 Å². The zero-order valence-corrected chi connectivity index (χ0v) is 12.9. The molecule has 0 bridgehead atoms. The fourth-order valence-electron chi connectivity index (χ4n) is 4.97. The molecule has 0 aromatic heterocycles. The van der Waals surface area contributed by atoms with Gasteiger partial charge in [-0.3, -0.25) is 0 Å². The summed E-state index contributed by atoms with van der Waals surface area (Å²) in [6.07, 6.45) is 19.9. The van der Waals surface area contributed by atoms with Gasteiger partial charge in [-0.25, -0.2) is 0 Å². The minimum absolute atomic E-state index is 0.317. The Morgan fingerprint density at radius 1 is 0.810 bits per heavy atom. The lowest BCUT2D eigenvalue weighted by Crippen LogP contribution is -2.27. The van der Waals surface area contributed by atoms with Crippen LogP contribution < -0.4 is 0 Å². The third kappa shape index (κ3) is 2.26. The third-order valence-corrected chi connectivity index (χ3v) is 6.06. The van der Waals surface area contributed by atoms with Gasteiger partial charge in [0.05, 0.1) is 0 Å². The van der Waals surface area contributed by atoms with E-state index < -0.39 is 0 Å². The summed E-state index contributed by atoms with van der Waals surface area (Å²) in [6, 6.07) is 0. The minimum atomic E-state index is 0.317. The summed E-state index contributed by atoms with van der Waals surface area (Å²) in [6.45, 7) is 0.317. The van der Waals surface area contributed by atoms with Gasteiger partial charge in [0.25, 0.3) is 0 Å². The Labute approximate surface area is 128 Å². The molecular formula is C20H26O. The van der Waals surface area contributed by atoms with Crippen molar-refractivity contribution in [1.29, 1.82) is 0 Å². The lowest BCUT2D eigenvalue weighted by Gasteiger charge is -2.32. The maximum Gasteiger partial charge on any atom is 0.0476 e. The van der Waals surface area contributed by atoms with E-state index in [0.29, 0.717) is 24.4 Å². The number of allylic oxidation sites excluding steroid dienone is 8. The highest BCUT2D eigenvalue weighted by Crippen LogP contribution is 2.47. The second-order valence-corrected chi connectivity index (χ2v) is 7.13. The first-order valence-corrected chi connectivity index (χ1v) is 8.79. The number of rotatable bonds is 3. The summed E-state index contributed by atoms with van der Waals surface area (Å²) >= 11 is 0. The van der Waals surface area contributed by atoms with Gasteiger partial charge in [0.2, 0.25) is 0 Å².